The van der Waals surface area contributed by atoms with Crippen LogP contribution in [0, 0.1) is 0 Å². The lowest BCUT2D eigenvalue weighted by Crippen LogP contribution is -2.00. The fourth-order valence-electron chi connectivity index (χ4n) is 1.46. The molecule has 0 atom stereocenters. The molecule has 5 nitrogen and oxygen atoms in total. The Morgan fingerprint density at radius 3 is 2.89 bits per heavy atom. The van der Waals surface area contributed by atoms with Gasteiger partial charge in [0.25, 0.3) is 0 Å². The highest BCUT2D eigenvalue weighted by atomic mass is 35.5. The van der Waals surface area contributed by atoms with Gasteiger partial charge in [0.15, 0.2) is 5.75 Å². The molecular formula is C12H15ClN4O. The van der Waals surface area contributed by atoms with Crippen LogP contribution >= 0.6 is 11.6 Å². The highest BCUT2D eigenvalue weighted by Gasteiger charge is 2.10. The van der Waals surface area contributed by atoms with Crippen LogP contribution in [-0.4, -0.2) is 14.8 Å². The Kier molecular flexibility index (Phi) is 3.84. The molecule has 2 aromatic heterocycles. The minimum atomic E-state index is 0.279. The number of hydrogen-bond donors (Lipinski definition) is 1. The molecule has 0 aliphatic rings. The van der Waals surface area contributed by atoms with Crippen LogP contribution in [0.3, 0.4) is 0 Å². The molecule has 2 N–H and O–H groups in total. The van der Waals surface area contributed by atoms with Crippen molar-refractivity contribution in [1.82, 2.24) is 14.8 Å². The summed E-state index contributed by atoms with van der Waals surface area (Å²) >= 11 is 6.13. The van der Waals surface area contributed by atoms with E-state index in [1.54, 1.807) is 29.3 Å². The zero-order valence-corrected chi connectivity index (χ0v) is 11.1. The first-order valence-corrected chi connectivity index (χ1v) is 6.05. The van der Waals surface area contributed by atoms with Gasteiger partial charge in [-0.05, 0) is 25.5 Å². The lowest BCUT2D eigenvalue weighted by molar-refractivity contribution is 0.458. The lowest BCUT2D eigenvalue weighted by atomic mass is 10.3. The van der Waals surface area contributed by atoms with Gasteiger partial charge in [0, 0.05) is 18.8 Å². The SMILES string of the molecule is CC(C)n1cc(Oc2nccc(CN)c2Cl)cn1. The largest absolute Gasteiger partial charge is 0.434 e. The smallest absolute Gasteiger partial charge is 0.238 e. The summed E-state index contributed by atoms with van der Waals surface area (Å²) in [5, 5.41) is 4.62. The zero-order chi connectivity index (χ0) is 13.1. The second kappa shape index (κ2) is 5.37. The second-order valence-electron chi connectivity index (χ2n) is 4.15. The molecule has 18 heavy (non-hydrogen) atoms. The molecule has 0 saturated heterocycles. The molecular weight excluding hydrogens is 252 g/mol. The van der Waals surface area contributed by atoms with Crippen molar-refractivity contribution >= 4 is 11.6 Å². The number of pyridine rings is 1. The van der Waals surface area contributed by atoms with Gasteiger partial charge in [0.2, 0.25) is 5.88 Å². The van der Waals surface area contributed by atoms with Gasteiger partial charge in [-0.1, -0.05) is 11.6 Å². The molecule has 0 radical (unpaired) electrons. The molecule has 0 amide bonds. The van der Waals surface area contributed by atoms with Gasteiger partial charge in [-0.3, -0.25) is 4.68 Å². The summed E-state index contributed by atoms with van der Waals surface area (Å²) in [6, 6.07) is 2.05. The van der Waals surface area contributed by atoms with Gasteiger partial charge in [0.05, 0.1) is 12.4 Å². The molecule has 0 aliphatic heterocycles. The van der Waals surface area contributed by atoms with Crippen LogP contribution in [-0.2, 0) is 6.54 Å². The Morgan fingerprint density at radius 2 is 2.28 bits per heavy atom. The summed E-state index contributed by atoms with van der Waals surface area (Å²) in [7, 11) is 0. The second-order valence-corrected chi connectivity index (χ2v) is 4.52. The normalized spacial score (nSPS) is 10.9. The average molecular weight is 267 g/mol. The van der Waals surface area contributed by atoms with Gasteiger partial charge in [-0.15, -0.1) is 0 Å². The zero-order valence-electron chi connectivity index (χ0n) is 10.3. The van der Waals surface area contributed by atoms with E-state index in [0.29, 0.717) is 23.2 Å². The summed E-state index contributed by atoms with van der Waals surface area (Å²) in [4.78, 5) is 4.09. The summed E-state index contributed by atoms with van der Waals surface area (Å²) in [6.07, 6.45) is 5.06. The first kappa shape index (κ1) is 12.9. The molecule has 6 heteroatoms. The third-order valence-corrected chi connectivity index (χ3v) is 2.88. The standard InChI is InChI=1S/C12H15ClN4O/c1-8(2)17-7-10(6-16-17)18-12-11(13)9(5-14)3-4-15-12/h3-4,6-8H,5,14H2,1-2H3. The van der Waals surface area contributed by atoms with Gasteiger partial charge >= 0.3 is 0 Å². The average Bonchev–Trinajstić information content (AvgIpc) is 2.80. The Morgan fingerprint density at radius 1 is 1.50 bits per heavy atom. The van der Waals surface area contributed by atoms with Crippen LogP contribution in [0.4, 0.5) is 0 Å². The first-order chi connectivity index (χ1) is 8.61. The van der Waals surface area contributed by atoms with E-state index < -0.39 is 0 Å². The maximum atomic E-state index is 6.13. The van der Waals surface area contributed by atoms with E-state index in [1.807, 2.05) is 13.8 Å². The first-order valence-electron chi connectivity index (χ1n) is 5.67. The van der Waals surface area contributed by atoms with Crippen LogP contribution in [0.25, 0.3) is 0 Å². The van der Waals surface area contributed by atoms with Crippen molar-refractivity contribution in [1.29, 1.82) is 0 Å². The van der Waals surface area contributed by atoms with Crippen molar-refractivity contribution in [2.24, 2.45) is 5.73 Å². The number of hydrogen-bond acceptors (Lipinski definition) is 4. The van der Waals surface area contributed by atoms with Crippen LogP contribution in [0.15, 0.2) is 24.7 Å². The highest BCUT2D eigenvalue weighted by Crippen LogP contribution is 2.29. The third-order valence-electron chi connectivity index (χ3n) is 2.48. The molecule has 0 bridgehead atoms. The molecule has 0 unspecified atom stereocenters. The van der Waals surface area contributed by atoms with Crippen LogP contribution in [0.2, 0.25) is 5.02 Å². The predicted octanol–water partition coefficient (Wildman–Crippen LogP) is 2.76. The van der Waals surface area contributed by atoms with E-state index >= 15 is 0 Å². The van der Waals surface area contributed by atoms with Gasteiger partial charge < -0.3 is 10.5 Å². The van der Waals surface area contributed by atoms with Crippen molar-refractivity contribution in [2.75, 3.05) is 0 Å². The minimum absolute atomic E-state index is 0.279. The van der Waals surface area contributed by atoms with Crippen molar-refractivity contribution in [3.8, 4) is 11.6 Å². The van der Waals surface area contributed by atoms with Gasteiger partial charge in [-0.2, -0.15) is 5.10 Å². The number of ether oxygens (including phenoxy) is 1. The third kappa shape index (κ3) is 2.63. The summed E-state index contributed by atoms with van der Waals surface area (Å²) in [5.41, 5.74) is 6.38. The summed E-state index contributed by atoms with van der Waals surface area (Å²) in [5.74, 6) is 0.954. The highest BCUT2D eigenvalue weighted by molar-refractivity contribution is 6.32. The number of nitrogens with zero attached hydrogens (tertiary/aromatic N) is 3. The quantitative estimate of drug-likeness (QED) is 0.924. The minimum Gasteiger partial charge on any atom is -0.434 e. The van der Waals surface area contributed by atoms with E-state index in [2.05, 4.69) is 10.1 Å². The van der Waals surface area contributed by atoms with Crippen molar-refractivity contribution in [3.63, 3.8) is 0 Å². The fraction of sp³-hybridized carbons (Fsp3) is 0.333. The van der Waals surface area contributed by atoms with E-state index in [-0.39, 0.29) is 6.04 Å². The predicted molar refractivity (Wildman–Crippen MR) is 69.8 cm³/mol. The number of nitrogens with two attached hydrogens (primary N) is 1. The van der Waals surface area contributed by atoms with E-state index in [9.17, 15) is 0 Å². The van der Waals surface area contributed by atoms with Gasteiger partial charge in [0.1, 0.15) is 5.02 Å². The molecule has 2 aromatic rings. The Labute approximate surface area is 111 Å². The van der Waals surface area contributed by atoms with Crippen LogP contribution in [0.5, 0.6) is 11.6 Å². The Hall–Kier alpha value is -1.59. The van der Waals surface area contributed by atoms with E-state index in [4.69, 9.17) is 22.1 Å². The molecule has 0 spiro atoms. The monoisotopic (exact) mass is 266 g/mol. The van der Waals surface area contributed by atoms with Crippen LogP contribution < -0.4 is 10.5 Å². The molecule has 0 aromatic carbocycles. The fourth-order valence-corrected chi connectivity index (χ4v) is 1.69. The summed E-state index contributed by atoms with van der Waals surface area (Å²) in [6.45, 7) is 4.43. The number of aromatic nitrogens is 3. The topological polar surface area (TPSA) is 66.0 Å². The maximum Gasteiger partial charge on any atom is 0.238 e. The van der Waals surface area contributed by atoms with Crippen molar-refractivity contribution in [2.45, 2.75) is 26.4 Å². The molecule has 96 valence electrons. The maximum absolute atomic E-state index is 6.13. The molecule has 0 fully saturated rings. The van der Waals surface area contributed by atoms with E-state index in [0.717, 1.165) is 5.56 Å². The molecule has 0 aliphatic carbocycles. The van der Waals surface area contributed by atoms with Crippen molar-refractivity contribution < 1.29 is 4.74 Å². The number of rotatable bonds is 4. The van der Waals surface area contributed by atoms with Gasteiger partial charge in [-0.25, -0.2) is 4.98 Å². The molecule has 2 heterocycles. The Bertz CT molecular complexity index is 539. The van der Waals surface area contributed by atoms with Crippen LogP contribution in [0.1, 0.15) is 25.5 Å². The van der Waals surface area contributed by atoms with Crippen molar-refractivity contribution in [3.05, 3.63) is 35.2 Å². The summed E-state index contributed by atoms with van der Waals surface area (Å²) < 4.78 is 7.40. The molecule has 0 saturated carbocycles. The number of halogens is 1. The molecule has 2 rings (SSSR count). The van der Waals surface area contributed by atoms with E-state index in [1.165, 1.54) is 0 Å². The Balaban J connectivity index is 2.23. The lowest BCUT2D eigenvalue weighted by Gasteiger charge is -2.07.